The zero-order valence-corrected chi connectivity index (χ0v) is 11.3. The Morgan fingerprint density at radius 3 is 1.60 bits per heavy atom. The Morgan fingerprint density at radius 1 is 0.800 bits per heavy atom. The number of nitrogens with zero attached hydrogens (tertiary/aromatic N) is 2. The summed E-state index contributed by atoms with van der Waals surface area (Å²) >= 11 is 4.98. The second-order valence-corrected chi connectivity index (χ2v) is 4.28. The van der Waals surface area contributed by atoms with Gasteiger partial charge in [0, 0.05) is 23.6 Å². The molecule has 0 amide bonds. The molecule has 5 heteroatoms. The van der Waals surface area contributed by atoms with Gasteiger partial charge in [-0.25, -0.2) is 9.98 Å². The lowest BCUT2D eigenvalue weighted by Crippen LogP contribution is -1.90. The summed E-state index contributed by atoms with van der Waals surface area (Å²) in [5, 5.41) is 19.2. The number of thiocarbonyl (C=S) groups is 1. The molecule has 0 aliphatic rings. The van der Waals surface area contributed by atoms with Crippen LogP contribution in [0, 0.1) is 0 Å². The van der Waals surface area contributed by atoms with Gasteiger partial charge < -0.3 is 10.2 Å². The van der Waals surface area contributed by atoms with Gasteiger partial charge in [0.25, 0.3) is 0 Å². The van der Waals surface area contributed by atoms with E-state index < -0.39 is 0 Å². The van der Waals surface area contributed by atoms with Crippen LogP contribution in [0.1, 0.15) is 11.1 Å². The molecule has 0 saturated carbocycles. The molecule has 2 N–H and O–H groups in total. The number of benzene rings is 2. The van der Waals surface area contributed by atoms with Gasteiger partial charge in [-0.1, -0.05) is 24.3 Å². The lowest BCUT2D eigenvalue weighted by atomic mass is 10.2. The van der Waals surface area contributed by atoms with Crippen LogP contribution in [0.3, 0.4) is 0 Å². The molecular weight excluding hydrogens is 272 g/mol. The molecule has 0 saturated heterocycles. The first-order valence-corrected chi connectivity index (χ1v) is 6.26. The third kappa shape index (κ3) is 3.73. The molecule has 2 aromatic rings. The van der Waals surface area contributed by atoms with E-state index in [4.69, 9.17) is 12.2 Å². The second-order valence-electron chi connectivity index (χ2n) is 3.92. The molecule has 2 aromatic carbocycles. The van der Waals surface area contributed by atoms with Gasteiger partial charge in [0.2, 0.25) is 5.11 Å². The molecular formula is C15H12N2O2S. The van der Waals surface area contributed by atoms with Crippen LogP contribution in [-0.4, -0.2) is 27.8 Å². The fourth-order valence-corrected chi connectivity index (χ4v) is 1.58. The van der Waals surface area contributed by atoms with Gasteiger partial charge in [0.15, 0.2) is 0 Å². The fourth-order valence-electron chi connectivity index (χ4n) is 1.48. The van der Waals surface area contributed by atoms with Gasteiger partial charge in [-0.05, 0) is 36.5 Å². The van der Waals surface area contributed by atoms with Crippen molar-refractivity contribution in [2.24, 2.45) is 9.98 Å². The van der Waals surface area contributed by atoms with E-state index in [1.807, 2.05) is 0 Å². The Hall–Kier alpha value is -2.53. The van der Waals surface area contributed by atoms with E-state index in [1.165, 1.54) is 12.4 Å². The molecule has 0 aliphatic heterocycles. The standard InChI is InChI=1S/C15H12N2O2S/c18-13-7-3-1-5-11(13)9-16-15(20)17-10-12-6-2-4-8-14(12)19/h1-10,18-19H/b16-9+,17-10+. The summed E-state index contributed by atoms with van der Waals surface area (Å²) in [5.74, 6) is 0.257. The number of hydrogen-bond donors (Lipinski definition) is 2. The van der Waals surface area contributed by atoms with Crippen molar-refractivity contribution in [2.45, 2.75) is 0 Å². The molecule has 0 atom stereocenters. The molecule has 0 aliphatic carbocycles. The third-order valence-electron chi connectivity index (χ3n) is 2.50. The number of phenols is 2. The highest BCUT2D eigenvalue weighted by Crippen LogP contribution is 2.14. The third-order valence-corrected chi connectivity index (χ3v) is 2.71. The van der Waals surface area contributed by atoms with Crippen molar-refractivity contribution in [3.63, 3.8) is 0 Å². The highest BCUT2D eigenvalue weighted by atomic mass is 32.1. The monoisotopic (exact) mass is 284 g/mol. The summed E-state index contributed by atoms with van der Waals surface area (Å²) in [6.07, 6.45) is 2.89. The quantitative estimate of drug-likeness (QED) is 0.658. The molecule has 2 rings (SSSR count). The SMILES string of the molecule is Oc1ccccc1/C=N/C(=S)/N=C/c1ccccc1O. The Bertz CT molecular complexity index is 624. The average molecular weight is 284 g/mol. The summed E-state index contributed by atoms with van der Waals surface area (Å²) < 4.78 is 0. The van der Waals surface area contributed by atoms with Crippen LogP contribution < -0.4 is 0 Å². The minimum atomic E-state index is 0.108. The number of phenolic OH excluding ortho intramolecular Hbond substituents is 2. The van der Waals surface area contributed by atoms with E-state index in [-0.39, 0.29) is 16.6 Å². The Labute approximate surface area is 121 Å². The molecule has 4 nitrogen and oxygen atoms in total. The Kier molecular flexibility index (Phi) is 4.57. The normalized spacial score (nSPS) is 11.2. The van der Waals surface area contributed by atoms with Gasteiger partial charge >= 0.3 is 0 Å². The number of rotatable bonds is 2. The van der Waals surface area contributed by atoms with E-state index in [1.54, 1.807) is 48.5 Å². The number of para-hydroxylation sites is 2. The minimum absolute atomic E-state index is 0.108. The molecule has 0 unspecified atom stereocenters. The lowest BCUT2D eigenvalue weighted by molar-refractivity contribution is 0.474. The second kappa shape index (κ2) is 6.58. The van der Waals surface area contributed by atoms with Crippen LogP contribution in [0.2, 0.25) is 0 Å². The highest BCUT2D eigenvalue weighted by molar-refractivity contribution is 7.80. The van der Waals surface area contributed by atoms with Crippen LogP contribution in [-0.2, 0) is 0 Å². The van der Waals surface area contributed by atoms with Gasteiger partial charge in [-0.15, -0.1) is 0 Å². The van der Waals surface area contributed by atoms with E-state index in [0.717, 1.165) is 0 Å². The lowest BCUT2D eigenvalue weighted by Gasteiger charge is -1.97. The van der Waals surface area contributed by atoms with Crippen molar-refractivity contribution in [3.8, 4) is 11.5 Å². The van der Waals surface area contributed by atoms with E-state index in [9.17, 15) is 10.2 Å². The minimum Gasteiger partial charge on any atom is -0.507 e. The van der Waals surface area contributed by atoms with Crippen LogP contribution in [0.25, 0.3) is 0 Å². The number of hydrogen-bond acceptors (Lipinski definition) is 3. The van der Waals surface area contributed by atoms with Gasteiger partial charge in [-0.3, -0.25) is 0 Å². The summed E-state index contributed by atoms with van der Waals surface area (Å²) in [6, 6.07) is 13.6. The van der Waals surface area contributed by atoms with Crippen LogP contribution in [0.5, 0.6) is 11.5 Å². The summed E-state index contributed by atoms with van der Waals surface area (Å²) in [5.41, 5.74) is 1.13. The number of aliphatic imine (C=N–C) groups is 2. The maximum Gasteiger partial charge on any atom is 0.219 e. The molecule has 20 heavy (non-hydrogen) atoms. The first-order chi connectivity index (χ1) is 9.66. The predicted octanol–water partition coefficient (Wildman–Crippen LogP) is 2.92. The van der Waals surface area contributed by atoms with E-state index in [2.05, 4.69) is 9.98 Å². The predicted molar refractivity (Wildman–Crippen MR) is 84.0 cm³/mol. The van der Waals surface area contributed by atoms with E-state index in [0.29, 0.717) is 11.1 Å². The summed E-state index contributed by atoms with van der Waals surface area (Å²) in [4.78, 5) is 7.93. The van der Waals surface area contributed by atoms with Crippen LogP contribution >= 0.6 is 12.2 Å². The van der Waals surface area contributed by atoms with Crippen LogP contribution in [0.4, 0.5) is 0 Å². The van der Waals surface area contributed by atoms with Crippen molar-refractivity contribution in [1.29, 1.82) is 0 Å². The maximum atomic E-state index is 9.56. The molecule has 0 aromatic heterocycles. The molecule has 0 fully saturated rings. The van der Waals surface area contributed by atoms with Crippen molar-refractivity contribution in [1.82, 2.24) is 0 Å². The highest BCUT2D eigenvalue weighted by Gasteiger charge is 1.97. The molecule has 0 radical (unpaired) electrons. The van der Waals surface area contributed by atoms with Gasteiger partial charge in [0.1, 0.15) is 11.5 Å². The summed E-state index contributed by atoms with van der Waals surface area (Å²) in [7, 11) is 0. The topological polar surface area (TPSA) is 65.2 Å². The van der Waals surface area contributed by atoms with Crippen molar-refractivity contribution < 1.29 is 10.2 Å². The van der Waals surface area contributed by atoms with Gasteiger partial charge in [-0.2, -0.15) is 0 Å². The summed E-state index contributed by atoms with van der Waals surface area (Å²) in [6.45, 7) is 0. The van der Waals surface area contributed by atoms with Crippen molar-refractivity contribution in [2.75, 3.05) is 0 Å². The van der Waals surface area contributed by atoms with Crippen molar-refractivity contribution >= 4 is 29.8 Å². The zero-order valence-electron chi connectivity index (χ0n) is 10.5. The largest absolute Gasteiger partial charge is 0.507 e. The Balaban J connectivity index is 2.07. The molecule has 100 valence electrons. The molecule has 0 bridgehead atoms. The average Bonchev–Trinajstić information content (AvgIpc) is 2.45. The molecule has 0 heterocycles. The fraction of sp³-hybridized carbons (Fsp3) is 0. The zero-order chi connectivity index (χ0) is 14.4. The number of aromatic hydroxyl groups is 2. The van der Waals surface area contributed by atoms with Gasteiger partial charge in [0.05, 0.1) is 0 Å². The van der Waals surface area contributed by atoms with E-state index >= 15 is 0 Å². The first kappa shape index (κ1) is 13.9. The first-order valence-electron chi connectivity index (χ1n) is 5.85. The van der Waals surface area contributed by atoms with Crippen molar-refractivity contribution in [3.05, 3.63) is 59.7 Å². The van der Waals surface area contributed by atoms with Crippen LogP contribution in [0.15, 0.2) is 58.5 Å². The Morgan fingerprint density at radius 2 is 1.20 bits per heavy atom. The molecule has 0 spiro atoms. The smallest absolute Gasteiger partial charge is 0.219 e. The maximum absolute atomic E-state index is 9.56.